The maximum absolute atomic E-state index is 14.3. The van der Waals surface area contributed by atoms with Crippen LogP contribution in [0.1, 0.15) is 38.7 Å². The number of likely N-dealkylation sites (tertiary alicyclic amines) is 1. The van der Waals surface area contributed by atoms with Crippen molar-refractivity contribution in [3.05, 3.63) is 77.1 Å². The molecular formula is C34H40ClFN4O4. The zero-order valence-corrected chi connectivity index (χ0v) is 26.1. The van der Waals surface area contributed by atoms with Gasteiger partial charge >= 0.3 is 0 Å². The summed E-state index contributed by atoms with van der Waals surface area (Å²) < 4.78 is 20.2. The van der Waals surface area contributed by atoms with Gasteiger partial charge < -0.3 is 25.2 Å². The number of hydrogen-bond acceptors (Lipinski definition) is 5. The number of fused-ring (bicyclic) bond motifs is 1. The minimum atomic E-state index is -1.25. The lowest BCUT2D eigenvalue weighted by atomic mass is 9.73. The highest BCUT2D eigenvalue weighted by molar-refractivity contribution is 6.31. The molecule has 2 aromatic carbocycles. The highest BCUT2D eigenvalue weighted by Crippen LogP contribution is 2.55. The number of nitrogens with zero attached hydrogens (tertiary/aromatic N) is 2. The smallest absolute Gasteiger partial charge is 0.246 e. The summed E-state index contributed by atoms with van der Waals surface area (Å²) in [5.41, 5.74) is 0.215. The van der Waals surface area contributed by atoms with Gasteiger partial charge in [0.05, 0.1) is 23.0 Å². The number of amides is 3. The van der Waals surface area contributed by atoms with Crippen molar-refractivity contribution in [3.8, 4) is 0 Å². The minimum Gasteiger partial charge on any atom is -0.359 e. The lowest BCUT2D eigenvalue weighted by Crippen LogP contribution is -2.58. The Bertz CT molecular complexity index is 1460. The molecule has 3 heterocycles. The molecule has 1 saturated carbocycles. The standard InChI is InChI=1S/C34H40ClFN4O4/c1-20-8-7-11-26(21(20)2)38-32(42)30-34-15-14-27(44-34)28(31(41)37-23-12-13-25(36)24(35)18-23)29(34)33(43)40(30)17-16-39(3)19-22-9-5-4-6-10-22/h4-6,9-10,12-15,18,20-21,26-30H,7-8,11,16-17,19H2,1-3H3,(H,37,41)(H,38,42)/t20-,21+,26+,27-,28-,29-,30+,34+/m1/s1. The van der Waals surface area contributed by atoms with Crippen molar-refractivity contribution in [3.63, 3.8) is 0 Å². The summed E-state index contributed by atoms with van der Waals surface area (Å²) in [6, 6.07) is 13.1. The van der Waals surface area contributed by atoms with Gasteiger partial charge in [0.2, 0.25) is 17.7 Å². The van der Waals surface area contributed by atoms with Crippen molar-refractivity contribution >= 4 is 35.0 Å². The maximum Gasteiger partial charge on any atom is 0.246 e. The van der Waals surface area contributed by atoms with E-state index in [4.69, 9.17) is 16.3 Å². The molecule has 6 rings (SSSR count). The third-order valence-corrected chi connectivity index (χ3v) is 10.5. The molecule has 0 unspecified atom stereocenters. The summed E-state index contributed by atoms with van der Waals surface area (Å²) in [7, 11) is 1.99. The lowest BCUT2D eigenvalue weighted by molar-refractivity contribution is -0.141. The Morgan fingerprint density at radius 2 is 1.91 bits per heavy atom. The zero-order valence-electron chi connectivity index (χ0n) is 25.3. The topological polar surface area (TPSA) is 91.0 Å². The first-order valence-electron chi connectivity index (χ1n) is 15.6. The normalized spacial score (nSPS) is 32.3. The molecule has 44 heavy (non-hydrogen) atoms. The van der Waals surface area contributed by atoms with Crippen LogP contribution in [0.5, 0.6) is 0 Å². The molecule has 10 heteroatoms. The van der Waals surface area contributed by atoms with E-state index in [1.165, 1.54) is 18.2 Å². The number of halogens is 2. The Kier molecular flexibility index (Phi) is 8.56. The van der Waals surface area contributed by atoms with Gasteiger partial charge in [-0.2, -0.15) is 0 Å². The fourth-order valence-electron chi connectivity index (χ4n) is 7.61. The largest absolute Gasteiger partial charge is 0.359 e. The van der Waals surface area contributed by atoms with E-state index in [-0.39, 0.29) is 22.9 Å². The van der Waals surface area contributed by atoms with Crippen LogP contribution in [-0.2, 0) is 25.7 Å². The third kappa shape index (κ3) is 5.54. The highest BCUT2D eigenvalue weighted by atomic mass is 35.5. The molecule has 2 bridgehead atoms. The van der Waals surface area contributed by atoms with Gasteiger partial charge in [-0.05, 0) is 49.1 Å². The fourth-order valence-corrected chi connectivity index (χ4v) is 7.79. The second-order valence-electron chi connectivity index (χ2n) is 13.0. The van der Waals surface area contributed by atoms with Gasteiger partial charge in [0.1, 0.15) is 17.5 Å². The molecular weight excluding hydrogens is 583 g/mol. The number of carbonyl (C=O) groups is 3. The molecule has 2 saturated heterocycles. The van der Waals surface area contributed by atoms with E-state index in [1.807, 2.05) is 31.3 Å². The van der Waals surface area contributed by atoms with Crippen LogP contribution in [0.25, 0.3) is 0 Å². The van der Waals surface area contributed by atoms with Crippen molar-refractivity contribution in [1.29, 1.82) is 0 Å². The van der Waals surface area contributed by atoms with Gasteiger partial charge in [-0.25, -0.2) is 4.39 Å². The van der Waals surface area contributed by atoms with Crippen LogP contribution in [0.2, 0.25) is 5.02 Å². The molecule has 3 aliphatic heterocycles. The van der Waals surface area contributed by atoms with Gasteiger partial charge in [-0.15, -0.1) is 0 Å². The number of likely N-dealkylation sites (N-methyl/N-ethyl adjacent to an activating group) is 1. The molecule has 234 valence electrons. The van der Waals surface area contributed by atoms with Crippen LogP contribution in [-0.4, -0.2) is 71.4 Å². The number of nitrogens with one attached hydrogen (secondary N) is 2. The number of ether oxygens (including phenoxy) is 1. The van der Waals surface area contributed by atoms with Crippen LogP contribution in [0.15, 0.2) is 60.7 Å². The summed E-state index contributed by atoms with van der Waals surface area (Å²) in [5, 5.41) is 5.97. The quantitative estimate of drug-likeness (QED) is 0.398. The highest BCUT2D eigenvalue weighted by Gasteiger charge is 2.72. The number of rotatable bonds is 9. The van der Waals surface area contributed by atoms with Crippen LogP contribution in [0.4, 0.5) is 10.1 Å². The van der Waals surface area contributed by atoms with Gasteiger partial charge in [0, 0.05) is 31.4 Å². The van der Waals surface area contributed by atoms with E-state index in [0.717, 1.165) is 24.8 Å². The second kappa shape index (κ2) is 12.3. The molecule has 0 radical (unpaired) electrons. The molecule has 1 aliphatic carbocycles. The first-order chi connectivity index (χ1) is 21.1. The predicted octanol–water partition coefficient (Wildman–Crippen LogP) is 4.64. The van der Waals surface area contributed by atoms with Crippen molar-refractivity contribution in [2.45, 2.75) is 63.4 Å². The predicted molar refractivity (Wildman–Crippen MR) is 166 cm³/mol. The van der Waals surface area contributed by atoms with Gasteiger partial charge in [-0.3, -0.25) is 14.4 Å². The van der Waals surface area contributed by atoms with E-state index in [1.54, 1.807) is 11.0 Å². The molecule has 8 nitrogen and oxygen atoms in total. The number of anilines is 1. The Morgan fingerprint density at radius 3 is 2.66 bits per heavy atom. The third-order valence-electron chi connectivity index (χ3n) is 10.2. The zero-order chi connectivity index (χ0) is 31.2. The number of carbonyl (C=O) groups excluding carboxylic acids is 3. The molecule has 3 amide bonds. The van der Waals surface area contributed by atoms with Crippen molar-refractivity contribution in [1.82, 2.24) is 15.1 Å². The Balaban J connectivity index is 1.26. The summed E-state index contributed by atoms with van der Waals surface area (Å²) in [5.74, 6) is -2.47. The minimum absolute atomic E-state index is 0.00399. The molecule has 4 aliphatic rings. The average molecular weight is 623 g/mol. The molecule has 3 fully saturated rings. The SMILES string of the molecule is C[C@H]1[C@H](C)CCC[C@@H]1NC(=O)[C@@H]1N(CCN(C)Cc2ccccc2)C(=O)[C@H]2[C@H](C(=O)Nc3ccc(F)c(Cl)c3)[C@H]3C=C[C@@]12O3. The molecule has 2 N–H and O–H groups in total. The Hall–Kier alpha value is -3.27. The first-order valence-corrected chi connectivity index (χ1v) is 15.9. The first kappa shape index (κ1) is 30.7. The summed E-state index contributed by atoms with van der Waals surface area (Å²) in [6.45, 7) is 5.91. The average Bonchev–Trinajstić information content (AvgIpc) is 3.64. The van der Waals surface area contributed by atoms with Crippen molar-refractivity contribution in [2.24, 2.45) is 23.7 Å². The molecule has 8 atom stereocenters. The Labute approximate surface area is 262 Å². The summed E-state index contributed by atoms with van der Waals surface area (Å²) >= 11 is 5.94. The molecule has 2 aromatic rings. The number of hydrogen-bond donors (Lipinski definition) is 2. The van der Waals surface area contributed by atoms with E-state index in [9.17, 15) is 18.8 Å². The van der Waals surface area contributed by atoms with Crippen molar-refractivity contribution in [2.75, 3.05) is 25.5 Å². The summed E-state index contributed by atoms with van der Waals surface area (Å²) in [4.78, 5) is 46.0. The van der Waals surface area contributed by atoms with Crippen LogP contribution in [0, 0.1) is 29.5 Å². The van der Waals surface area contributed by atoms with E-state index in [2.05, 4.69) is 41.5 Å². The maximum atomic E-state index is 14.3. The Morgan fingerprint density at radius 1 is 1.14 bits per heavy atom. The van der Waals surface area contributed by atoms with E-state index >= 15 is 0 Å². The molecule has 0 aromatic heterocycles. The van der Waals surface area contributed by atoms with Crippen LogP contribution >= 0.6 is 11.6 Å². The lowest BCUT2D eigenvalue weighted by Gasteiger charge is -2.38. The van der Waals surface area contributed by atoms with Crippen LogP contribution < -0.4 is 10.6 Å². The van der Waals surface area contributed by atoms with E-state index in [0.29, 0.717) is 37.2 Å². The van der Waals surface area contributed by atoms with Gasteiger partial charge in [-0.1, -0.05) is 80.8 Å². The van der Waals surface area contributed by atoms with Gasteiger partial charge in [0.25, 0.3) is 0 Å². The van der Waals surface area contributed by atoms with E-state index < -0.39 is 41.3 Å². The number of benzene rings is 2. The molecule has 1 spiro atoms. The monoisotopic (exact) mass is 622 g/mol. The van der Waals surface area contributed by atoms with Gasteiger partial charge in [0.15, 0.2) is 0 Å². The van der Waals surface area contributed by atoms with Crippen molar-refractivity contribution < 1.29 is 23.5 Å². The fraction of sp³-hybridized carbons (Fsp3) is 0.500. The second-order valence-corrected chi connectivity index (χ2v) is 13.4. The summed E-state index contributed by atoms with van der Waals surface area (Å²) in [6.07, 6.45) is 6.01. The van der Waals surface area contributed by atoms with Crippen LogP contribution in [0.3, 0.4) is 0 Å².